The molecule has 0 aromatic heterocycles. The van der Waals surface area contributed by atoms with Gasteiger partial charge in [0.25, 0.3) is 0 Å². The van der Waals surface area contributed by atoms with Crippen LogP contribution in [0.1, 0.15) is 11.1 Å². The summed E-state index contributed by atoms with van der Waals surface area (Å²) in [5.41, 5.74) is 1.56. The second kappa shape index (κ2) is 8.77. The number of alkyl carbamates (subject to hydrolysis) is 1. The summed E-state index contributed by atoms with van der Waals surface area (Å²) in [6.07, 6.45) is -1.94. The summed E-state index contributed by atoms with van der Waals surface area (Å²) in [5, 5.41) is 2.54. The van der Waals surface area contributed by atoms with Gasteiger partial charge in [0.15, 0.2) is 0 Å². The molecule has 7 heteroatoms. The van der Waals surface area contributed by atoms with E-state index in [0.29, 0.717) is 5.56 Å². The molecule has 0 atom stereocenters. The summed E-state index contributed by atoms with van der Waals surface area (Å²) in [4.78, 5) is 11.5. The summed E-state index contributed by atoms with van der Waals surface area (Å²) in [6.45, 7) is 0.408. The fraction of sp³-hybridized carbons (Fsp3) is 0.167. The van der Waals surface area contributed by atoms with Gasteiger partial charge >= 0.3 is 12.5 Å². The molecule has 0 aliphatic rings. The molecule has 0 fully saturated rings. The van der Waals surface area contributed by atoms with Crippen molar-refractivity contribution >= 4 is 12.2 Å². The lowest BCUT2D eigenvalue weighted by atomic mass is 10.2. The van der Waals surface area contributed by atoms with Gasteiger partial charge in [-0.1, -0.05) is 54.6 Å². The van der Waals surface area contributed by atoms with E-state index in [9.17, 15) is 18.0 Å². The third-order valence-electron chi connectivity index (χ3n) is 3.00. The molecule has 2 aromatic carbocycles. The van der Waals surface area contributed by atoms with Gasteiger partial charge < -0.3 is 14.8 Å². The van der Waals surface area contributed by atoms with E-state index in [-0.39, 0.29) is 18.9 Å². The van der Waals surface area contributed by atoms with E-state index in [0.717, 1.165) is 5.56 Å². The number of nitrogens with one attached hydrogen (secondary N) is 1. The maximum absolute atomic E-state index is 12.0. The van der Waals surface area contributed by atoms with Crippen LogP contribution in [-0.2, 0) is 11.3 Å². The topological polar surface area (TPSA) is 47.6 Å². The summed E-state index contributed by atoms with van der Waals surface area (Å²) < 4.78 is 45.0. The Morgan fingerprint density at radius 2 is 1.72 bits per heavy atom. The SMILES string of the molecule is O=C(NCC=Cc1ccc(OC(F)(F)F)cc1)OCc1ccccc1. The van der Waals surface area contributed by atoms with Crippen molar-refractivity contribution in [1.82, 2.24) is 5.32 Å². The van der Waals surface area contributed by atoms with E-state index in [1.807, 2.05) is 30.3 Å². The Morgan fingerprint density at radius 1 is 1.04 bits per heavy atom. The number of halogens is 3. The van der Waals surface area contributed by atoms with Crippen LogP contribution in [0, 0.1) is 0 Å². The van der Waals surface area contributed by atoms with Crippen LogP contribution in [0.2, 0.25) is 0 Å². The minimum absolute atomic E-state index is 0.178. The Bertz CT molecular complexity index is 698. The van der Waals surface area contributed by atoms with Crippen molar-refractivity contribution in [3.8, 4) is 5.75 Å². The molecule has 0 saturated carbocycles. The van der Waals surface area contributed by atoms with E-state index in [2.05, 4.69) is 10.1 Å². The predicted molar refractivity (Wildman–Crippen MR) is 86.8 cm³/mol. The molecule has 0 spiro atoms. The number of alkyl halides is 3. The highest BCUT2D eigenvalue weighted by molar-refractivity contribution is 5.67. The van der Waals surface area contributed by atoms with E-state index in [1.165, 1.54) is 24.3 Å². The molecule has 132 valence electrons. The van der Waals surface area contributed by atoms with Gasteiger partial charge in [0.2, 0.25) is 0 Å². The van der Waals surface area contributed by atoms with E-state index < -0.39 is 12.5 Å². The molecule has 0 aliphatic carbocycles. The van der Waals surface area contributed by atoms with Gasteiger partial charge in [0.1, 0.15) is 12.4 Å². The third kappa shape index (κ3) is 7.43. The maximum Gasteiger partial charge on any atom is 0.573 e. The van der Waals surface area contributed by atoms with Crippen LogP contribution in [0.5, 0.6) is 5.75 Å². The minimum Gasteiger partial charge on any atom is -0.445 e. The number of ether oxygens (including phenoxy) is 2. The predicted octanol–water partition coefficient (Wildman–Crippen LogP) is 4.52. The van der Waals surface area contributed by atoms with Gasteiger partial charge in [-0.3, -0.25) is 0 Å². The van der Waals surface area contributed by atoms with Crippen LogP contribution >= 0.6 is 0 Å². The second-order valence-electron chi connectivity index (χ2n) is 4.96. The average molecular weight is 351 g/mol. The first-order chi connectivity index (χ1) is 11.9. The molecule has 0 radical (unpaired) electrons. The van der Waals surface area contributed by atoms with Crippen molar-refractivity contribution in [2.24, 2.45) is 0 Å². The van der Waals surface area contributed by atoms with Crippen LogP contribution < -0.4 is 10.1 Å². The lowest BCUT2D eigenvalue weighted by Gasteiger charge is -2.08. The molecule has 4 nitrogen and oxygen atoms in total. The Hall–Kier alpha value is -2.96. The number of amides is 1. The highest BCUT2D eigenvalue weighted by Crippen LogP contribution is 2.22. The van der Waals surface area contributed by atoms with Crippen molar-refractivity contribution in [3.63, 3.8) is 0 Å². The molecule has 1 N–H and O–H groups in total. The number of benzene rings is 2. The van der Waals surface area contributed by atoms with Crippen molar-refractivity contribution in [2.45, 2.75) is 13.0 Å². The summed E-state index contributed by atoms with van der Waals surface area (Å²) in [6, 6.07) is 14.7. The molecule has 2 rings (SSSR count). The zero-order valence-electron chi connectivity index (χ0n) is 13.1. The van der Waals surface area contributed by atoms with Crippen LogP contribution in [0.4, 0.5) is 18.0 Å². The molecule has 25 heavy (non-hydrogen) atoms. The van der Waals surface area contributed by atoms with Crippen molar-refractivity contribution in [3.05, 3.63) is 71.8 Å². The number of carbonyl (C=O) groups excluding carboxylic acids is 1. The van der Waals surface area contributed by atoms with Gasteiger partial charge in [-0.2, -0.15) is 0 Å². The summed E-state index contributed by atoms with van der Waals surface area (Å²) in [7, 11) is 0. The number of hydrogen-bond acceptors (Lipinski definition) is 3. The molecular formula is C18H16F3NO3. The third-order valence-corrected chi connectivity index (χ3v) is 3.00. The second-order valence-corrected chi connectivity index (χ2v) is 4.96. The van der Waals surface area contributed by atoms with E-state index in [1.54, 1.807) is 12.2 Å². The van der Waals surface area contributed by atoms with Crippen molar-refractivity contribution in [1.29, 1.82) is 0 Å². The standard InChI is InChI=1S/C18H16F3NO3/c19-18(20,21)25-16-10-8-14(9-11-16)7-4-12-22-17(23)24-13-15-5-2-1-3-6-15/h1-11H,12-13H2,(H,22,23). The van der Waals surface area contributed by atoms with Crippen LogP contribution in [0.3, 0.4) is 0 Å². The highest BCUT2D eigenvalue weighted by Gasteiger charge is 2.30. The Labute approximate surface area is 142 Å². The van der Waals surface area contributed by atoms with Gasteiger partial charge in [-0.05, 0) is 23.3 Å². The fourth-order valence-corrected chi connectivity index (χ4v) is 1.89. The molecule has 0 bridgehead atoms. The van der Waals surface area contributed by atoms with Crippen LogP contribution in [0.15, 0.2) is 60.7 Å². The molecule has 0 aliphatic heterocycles. The lowest BCUT2D eigenvalue weighted by Crippen LogP contribution is -2.24. The molecule has 2 aromatic rings. The molecule has 0 saturated heterocycles. The Kier molecular flexibility index (Phi) is 6.45. The zero-order valence-corrected chi connectivity index (χ0v) is 13.1. The van der Waals surface area contributed by atoms with Crippen LogP contribution in [-0.4, -0.2) is 19.0 Å². The maximum atomic E-state index is 12.0. The summed E-state index contributed by atoms with van der Waals surface area (Å²) >= 11 is 0. The molecular weight excluding hydrogens is 335 g/mol. The molecule has 0 heterocycles. The average Bonchev–Trinajstić information content (AvgIpc) is 2.58. The first kappa shape index (κ1) is 18.4. The fourth-order valence-electron chi connectivity index (χ4n) is 1.89. The Morgan fingerprint density at radius 3 is 2.36 bits per heavy atom. The minimum atomic E-state index is -4.71. The van der Waals surface area contributed by atoms with Crippen molar-refractivity contribution < 1.29 is 27.4 Å². The lowest BCUT2D eigenvalue weighted by molar-refractivity contribution is -0.274. The largest absolute Gasteiger partial charge is 0.573 e. The first-order valence-corrected chi connectivity index (χ1v) is 7.39. The number of carbonyl (C=O) groups is 1. The molecule has 1 amide bonds. The van der Waals surface area contributed by atoms with E-state index in [4.69, 9.17) is 4.74 Å². The Balaban J connectivity index is 1.71. The van der Waals surface area contributed by atoms with Crippen LogP contribution in [0.25, 0.3) is 6.08 Å². The monoisotopic (exact) mass is 351 g/mol. The van der Waals surface area contributed by atoms with Gasteiger partial charge in [-0.15, -0.1) is 13.2 Å². The van der Waals surface area contributed by atoms with Gasteiger partial charge in [-0.25, -0.2) is 4.79 Å². The van der Waals surface area contributed by atoms with E-state index >= 15 is 0 Å². The smallest absolute Gasteiger partial charge is 0.445 e. The van der Waals surface area contributed by atoms with Gasteiger partial charge in [0, 0.05) is 6.54 Å². The first-order valence-electron chi connectivity index (χ1n) is 7.39. The van der Waals surface area contributed by atoms with Crippen molar-refractivity contribution in [2.75, 3.05) is 6.54 Å². The number of rotatable bonds is 6. The zero-order chi connectivity index (χ0) is 18.1. The normalized spacial score (nSPS) is 11.3. The quantitative estimate of drug-likeness (QED) is 0.832. The van der Waals surface area contributed by atoms with Gasteiger partial charge in [0.05, 0.1) is 0 Å². The summed E-state index contributed by atoms with van der Waals surface area (Å²) in [5.74, 6) is -0.285. The molecule has 0 unspecified atom stereocenters. The number of hydrogen-bond donors (Lipinski definition) is 1. The highest BCUT2D eigenvalue weighted by atomic mass is 19.4.